The van der Waals surface area contributed by atoms with Crippen molar-refractivity contribution in [2.24, 2.45) is 0 Å². The van der Waals surface area contributed by atoms with Gasteiger partial charge in [-0.1, -0.05) is 47.5 Å². The molecule has 4 heteroatoms. The molecule has 2 aromatic carbocycles. The molecule has 1 saturated carbocycles. The quantitative estimate of drug-likeness (QED) is 0.842. The summed E-state index contributed by atoms with van der Waals surface area (Å²) in [5.74, 6) is 0. The molecule has 0 radical (unpaired) electrons. The first-order valence-corrected chi connectivity index (χ1v) is 7.79. The van der Waals surface area contributed by atoms with Crippen LogP contribution in [0, 0.1) is 13.8 Å². The third-order valence-corrected chi connectivity index (χ3v) is 4.63. The monoisotopic (exact) mass is 314 g/mol. The predicted molar refractivity (Wildman–Crippen MR) is 90.4 cm³/mol. The molecule has 1 aliphatic rings. The van der Waals surface area contributed by atoms with Gasteiger partial charge in [-0.2, -0.15) is 0 Å². The Morgan fingerprint density at radius 2 is 1.77 bits per heavy atom. The van der Waals surface area contributed by atoms with Gasteiger partial charge in [0.25, 0.3) is 0 Å². The van der Waals surface area contributed by atoms with Gasteiger partial charge < -0.3 is 10.6 Å². The van der Waals surface area contributed by atoms with Gasteiger partial charge in [0.15, 0.2) is 0 Å². The van der Waals surface area contributed by atoms with E-state index in [0.29, 0.717) is 5.02 Å². The molecule has 0 spiro atoms. The fourth-order valence-corrected chi connectivity index (χ4v) is 2.77. The zero-order valence-corrected chi connectivity index (χ0v) is 13.5. The van der Waals surface area contributed by atoms with Crippen LogP contribution < -0.4 is 10.6 Å². The zero-order valence-electron chi connectivity index (χ0n) is 12.7. The summed E-state index contributed by atoms with van der Waals surface area (Å²) in [5.41, 5.74) is 3.78. The number of hydrogen-bond donors (Lipinski definition) is 2. The van der Waals surface area contributed by atoms with Gasteiger partial charge in [0.1, 0.15) is 0 Å². The highest BCUT2D eigenvalue weighted by Crippen LogP contribution is 2.45. The highest BCUT2D eigenvalue weighted by molar-refractivity contribution is 6.31. The van der Waals surface area contributed by atoms with E-state index in [4.69, 9.17) is 11.6 Å². The summed E-state index contributed by atoms with van der Waals surface area (Å²) in [6.45, 7) is 3.95. The number of urea groups is 1. The molecular weight excluding hydrogens is 296 g/mol. The van der Waals surface area contributed by atoms with Crippen LogP contribution in [0.5, 0.6) is 0 Å². The Morgan fingerprint density at radius 1 is 1.09 bits per heavy atom. The van der Waals surface area contributed by atoms with Crippen molar-refractivity contribution in [3.8, 4) is 0 Å². The molecule has 2 N–H and O–H groups in total. The van der Waals surface area contributed by atoms with E-state index < -0.39 is 0 Å². The Labute approximate surface area is 135 Å². The van der Waals surface area contributed by atoms with Crippen molar-refractivity contribution in [2.45, 2.75) is 32.2 Å². The fourth-order valence-electron chi connectivity index (χ4n) is 2.60. The van der Waals surface area contributed by atoms with Crippen molar-refractivity contribution in [1.82, 2.24) is 5.32 Å². The lowest BCUT2D eigenvalue weighted by Gasteiger charge is -2.19. The van der Waals surface area contributed by atoms with Gasteiger partial charge in [-0.3, -0.25) is 0 Å². The number of anilines is 1. The number of halogens is 1. The molecule has 2 aromatic rings. The zero-order chi connectivity index (χ0) is 15.7. The van der Waals surface area contributed by atoms with Gasteiger partial charge in [-0.05, 0) is 49.9 Å². The minimum absolute atomic E-state index is 0.191. The highest BCUT2D eigenvalue weighted by atomic mass is 35.5. The van der Waals surface area contributed by atoms with Crippen molar-refractivity contribution in [3.05, 3.63) is 64.2 Å². The largest absolute Gasteiger partial charge is 0.328 e. The Bertz CT molecular complexity index is 706. The normalized spacial score (nSPS) is 15.2. The van der Waals surface area contributed by atoms with E-state index in [1.54, 1.807) is 0 Å². The maximum Gasteiger partial charge on any atom is 0.319 e. The predicted octanol–water partition coefficient (Wildman–Crippen LogP) is 4.77. The number of amides is 2. The molecule has 0 unspecified atom stereocenters. The molecule has 3 nitrogen and oxygen atoms in total. The van der Waals surface area contributed by atoms with Gasteiger partial charge in [0, 0.05) is 10.7 Å². The molecule has 0 bridgehead atoms. The average molecular weight is 315 g/mol. The van der Waals surface area contributed by atoms with Crippen LogP contribution >= 0.6 is 11.6 Å². The lowest BCUT2D eigenvalue weighted by atomic mass is 10.0. The van der Waals surface area contributed by atoms with E-state index in [9.17, 15) is 4.79 Å². The number of nitrogens with one attached hydrogen (secondary N) is 2. The van der Waals surface area contributed by atoms with E-state index in [1.807, 2.05) is 25.1 Å². The molecular formula is C18H19ClN2O. The summed E-state index contributed by atoms with van der Waals surface area (Å²) in [4.78, 5) is 12.3. The summed E-state index contributed by atoms with van der Waals surface area (Å²) in [6, 6.07) is 13.6. The van der Waals surface area contributed by atoms with Gasteiger partial charge in [-0.25, -0.2) is 4.79 Å². The van der Waals surface area contributed by atoms with E-state index in [2.05, 4.69) is 41.8 Å². The first kappa shape index (κ1) is 14.9. The smallest absolute Gasteiger partial charge is 0.319 e. The number of hydrogen-bond acceptors (Lipinski definition) is 1. The summed E-state index contributed by atoms with van der Waals surface area (Å²) in [7, 11) is 0. The number of aryl methyl sites for hydroxylation is 1. The Hall–Kier alpha value is -2.00. The van der Waals surface area contributed by atoms with Crippen LogP contribution in [0.2, 0.25) is 5.02 Å². The van der Waals surface area contributed by atoms with Crippen molar-refractivity contribution in [1.29, 1.82) is 0 Å². The molecule has 3 rings (SSSR count). The summed E-state index contributed by atoms with van der Waals surface area (Å²) < 4.78 is 0. The molecule has 1 aliphatic carbocycles. The summed E-state index contributed by atoms with van der Waals surface area (Å²) in [5, 5.41) is 6.65. The summed E-state index contributed by atoms with van der Waals surface area (Å²) in [6.07, 6.45) is 1.94. The maximum absolute atomic E-state index is 12.3. The van der Waals surface area contributed by atoms with Crippen LogP contribution in [0.15, 0.2) is 42.5 Å². The van der Waals surface area contributed by atoms with Crippen LogP contribution in [0.1, 0.15) is 29.5 Å². The Balaban J connectivity index is 1.72. The fraction of sp³-hybridized carbons (Fsp3) is 0.278. The van der Waals surface area contributed by atoms with Gasteiger partial charge in [0.05, 0.1) is 5.54 Å². The first-order chi connectivity index (χ1) is 10.5. The number of carbonyl (C=O) groups is 1. The topological polar surface area (TPSA) is 41.1 Å². The van der Waals surface area contributed by atoms with E-state index in [1.165, 1.54) is 5.56 Å². The molecule has 0 aromatic heterocycles. The van der Waals surface area contributed by atoms with E-state index >= 15 is 0 Å². The first-order valence-electron chi connectivity index (χ1n) is 7.42. The number of carbonyl (C=O) groups excluding carboxylic acids is 1. The van der Waals surface area contributed by atoms with Crippen LogP contribution in [-0.2, 0) is 5.54 Å². The van der Waals surface area contributed by atoms with Crippen molar-refractivity contribution >= 4 is 23.3 Å². The second-order valence-electron chi connectivity index (χ2n) is 5.94. The maximum atomic E-state index is 12.3. The molecule has 0 saturated heterocycles. The van der Waals surface area contributed by atoms with Gasteiger partial charge in [-0.15, -0.1) is 0 Å². The van der Waals surface area contributed by atoms with Crippen molar-refractivity contribution in [3.63, 3.8) is 0 Å². The Kier molecular flexibility index (Phi) is 3.83. The molecule has 0 heterocycles. The Morgan fingerprint density at radius 3 is 2.41 bits per heavy atom. The lowest BCUT2D eigenvalue weighted by molar-refractivity contribution is 0.247. The molecule has 1 fully saturated rings. The third kappa shape index (κ3) is 2.95. The van der Waals surface area contributed by atoms with Crippen LogP contribution in [0.3, 0.4) is 0 Å². The third-order valence-electron chi connectivity index (χ3n) is 4.22. The van der Waals surface area contributed by atoms with Gasteiger partial charge >= 0.3 is 6.03 Å². The molecule has 2 amide bonds. The van der Waals surface area contributed by atoms with E-state index in [-0.39, 0.29) is 11.6 Å². The van der Waals surface area contributed by atoms with Gasteiger partial charge in [0.2, 0.25) is 0 Å². The minimum Gasteiger partial charge on any atom is -0.328 e. The number of rotatable bonds is 3. The van der Waals surface area contributed by atoms with Crippen LogP contribution in [0.4, 0.5) is 10.5 Å². The standard InChI is InChI=1S/C18H19ClN2O/c1-12-6-8-14(9-7-12)18(10-11-18)21-17(22)20-16-5-3-4-15(19)13(16)2/h3-9H,10-11H2,1-2H3,(H2,20,21,22). The van der Waals surface area contributed by atoms with Crippen LogP contribution in [0.25, 0.3) is 0 Å². The van der Waals surface area contributed by atoms with Crippen molar-refractivity contribution < 1.29 is 4.79 Å². The number of benzene rings is 2. The molecule has 114 valence electrons. The van der Waals surface area contributed by atoms with E-state index in [0.717, 1.165) is 29.7 Å². The average Bonchev–Trinajstić information content (AvgIpc) is 3.25. The summed E-state index contributed by atoms with van der Waals surface area (Å²) >= 11 is 6.08. The molecule has 22 heavy (non-hydrogen) atoms. The second-order valence-corrected chi connectivity index (χ2v) is 6.35. The van der Waals surface area contributed by atoms with Crippen LogP contribution in [-0.4, -0.2) is 6.03 Å². The van der Waals surface area contributed by atoms with Crippen molar-refractivity contribution in [2.75, 3.05) is 5.32 Å². The molecule has 0 atom stereocenters. The second kappa shape index (κ2) is 5.65. The highest BCUT2D eigenvalue weighted by Gasteiger charge is 2.45. The minimum atomic E-state index is -0.218. The molecule has 0 aliphatic heterocycles. The lowest BCUT2D eigenvalue weighted by Crippen LogP contribution is -2.38. The SMILES string of the molecule is Cc1ccc(C2(NC(=O)Nc3cccc(Cl)c3C)CC2)cc1.